The molecule has 4 N–H and O–H groups in total. The SMILES string of the molecule is CCC(C(=O)NCc1cccc2cccnc12)/C(N)=N/O. The van der Waals surface area contributed by atoms with E-state index in [4.69, 9.17) is 10.9 Å². The molecule has 2 aromatic rings. The second-order valence-corrected chi connectivity index (χ2v) is 4.70. The van der Waals surface area contributed by atoms with Crippen LogP contribution in [0.25, 0.3) is 10.9 Å². The Balaban J connectivity index is 2.13. The number of para-hydroxylation sites is 1. The molecule has 6 nitrogen and oxygen atoms in total. The Hall–Kier alpha value is -2.63. The lowest BCUT2D eigenvalue weighted by atomic mass is 10.0. The summed E-state index contributed by atoms with van der Waals surface area (Å²) in [5.74, 6) is -0.968. The molecule has 0 saturated heterocycles. The van der Waals surface area contributed by atoms with Crippen molar-refractivity contribution in [1.29, 1.82) is 0 Å². The standard InChI is InChI=1S/C15H18N4O2/c1-2-12(14(16)19-21)15(20)18-9-11-6-3-5-10-7-4-8-17-13(10)11/h3-8,12,21H,2,9H2,1H3,(H2,16,19)(H,18,20). The predicted molar refractivity (Wildman–Crippen MR) is 80.8 cm³/mol. The molecule has 0 aliphatic rings. The minimum absolute atomic E-state index is 0.0777. The summed E-state index contributed by atoms with van der Waals surface area (Å²) >= 11 is 0. The van der Waals surface area contributed by atoms with Crippen LogP contribution in [0.2, 0.25) is 0 Å². The van der Waals surface area contributed by atoms with Crippen molar-refractivity contribution in [3.63, 3.8) is 0 Å². The Labute approximate surface area is 122 Å². The maximum Gasteiger partial charge on any atom is 0.231 e. The molecule has 1 aromatic carbocycles. The number of fused-ring (bicyclic) bond motifs is 1. The first-order valence-corrected chi connectivity index (χ1v) is 6.75. The van der Waals surface area contributed by atoms with Crippen LogP contribution >= 0.6 is 0 Å². The molecule has 2 rings (SSSR count). The molecular formula is C15H18N4O2. The zero-order chi connectivity index (χ0) is 15.2. The first-order valence-electron chi connectivity index (χ1n) is 6.75. The quantitative estimate of drug-likeness (QED) is 0.336. The van der Waals surface area contributed by atoms with Crippen LogP contribution in [-0.4, -0.2) is 21.9 Å². The Morgan fingerprint density at radius 2 is 2.19 bits per heavy atom. The van der Waals surface area contributed by atoms with Gasteiger partial charge in [-0.2, -0.15) is 0 Å². The van der Waals surface area contributed by atoms with Crippen molar-refractivity contribution in [1.82, 2.24) is 10.3 Å². The van der Waals surface area contributed by atoms with E-state index in [2.05, 4.69) is 15.5 Å². The summed E-state index contributed by atoms with van der Waals surface area (Å²) in [5.41, 5.74) is 7.30. The van der Waals surface area contributed by atoms with Crippen molar-refractivity contribution in [2.45, 2.75) is 19.9 Å². The van der Waals surface area contributed by atoms with E-state index < -0.39 is 5.92 Å². The summed E-state index contributed by atoms with van der Waals surface area (Å²) in [6.07, 6.45) is 2.19. The molecule has 1 unspecified atom stereocenters. The minimum Gasteiger partial charge on any atom is -0.409 e. The highest BCUT2D eigenvalue weighted by Crippen LogP contribution is 2.15. The number of nitrogens with one attached hydrogen (secondary N) is 1. The van der Waals surface area contributed by atoms with Crippen LogP contribution in [0.3, 0.4) is 0 Å². The highest BCUT2D eigenvalue weighted by atomic mass is 16.4. The van der Waals surface area contributed by atoms with Crippen molar-refractivity contribution in [2.75, 3.05) is 0 Å². The van der Waals surface area contributed by atoms with Gasteiger partial charge in [-0.3, -0.25) is 9.78 Å². The minimum atomic E-state index is -0.627. The normalized spacial score (nSPS) is 13.1. The van der Waals surface area contributed by atoms with Gasteiger partial charge in [0.1, 0.15) is 0 Å². The largest absolute Gasteiger partial charge is 0.409 e. The molecule has 110 valence electrons. The molecule has 0 saturated carbocycles. The van der Waals surface area contributed by atoms with Gasteiger partial charge >= 0.3 is 0 Å². The van der Waals surface area contributed by atoms with Crippen LogP contribution in [0.1, 0.15) is 18.9 Å². The number of hydrogen-bond donors (Lipinski definition) is 3. The number of aromatic nitrogens is 1. The summed E-state index contributed by atoms with van der Waals surface area (Å²) in [6, 6.07) is 9.65. The number of nitrogens with two attached hydrogens (primary N) is 1. The van der Waals surface area contributed by atoms with Gasteiger partial charge in [0.25, 0.3) is 0 Å². The van der Waals surface area contributed by atoms with Crippen molar-refractivity contribution in [2.24, 2.45) is 16.8 Å². The topological polar surface area (TPSA) is 101 Å². The summed E-state index contributed by atoms with van der Waals surface area (Å²) in [6.45, 7) is 2.16. The van der Waals surface area contributed by atoms with Gasteiger partial charge in [-0.15, -0.1) is 0 Å². The molecule has 0 spiro atoms. The first-order chi connectivity index (χ1) is 10.2. The van der Waals surface area contributed by atoms with E-state index in [1.165, 1.54) is 0 Å². The molecule has 0 fully saturated rings. The Morgan fingerprint density at radius 1 is 1.43 bits per heavy atom. The Kier molecular flexibility index (Phi) is 4.71. The average Bonchev–Trinajstić information content (AvgIpc) is 2.53. The van der Waals surface area contributed by atoms with Gasteiger partial charge in [0.2, 0.25) is 5.91 Å². The molecule has 21 heavy (non-hydrogen) atoms. The van der Waals surface area contributed by atoms with Crippen LogP contribution in [0.5, 0.6) is 0 Å². The molecule has 1 atom stereocenters. The average molecular weight is 286 g/mol. The fourth-order valence-corrected chi connectivity index (χ4v) is 2.21. The van der Waals surface area contributed by atoms with Gasteiger partial charge in [0.15, 0.2) is 5.84 Å². The van der Waals surface area contributed by atoms with Gasteiger partial charge in [-0.25, -0.2) is 0 Å². The number of carbonyl (C=O) groups is 1. The third kappa shape index (κ3) is 3.28. The third-order valence-electron chi connectivity index (χ3n) is 3.37. The second kappa shape index (κ2) is 6.69. The van der Waals surface area contributed by atoms with E-state index in [1.54, 1.807) is 6.20 Å². The molecule has 0 aliphatic carbocycles. The maximum absolute atomic E-state index is 12.1. The molecule has 1 aromatic heterocycles. The Bertz CT molecular complexity index is 664. The number of amidine groups is 1. The third-order valence-corrected chi connectivity index (χ3v) is 3.37. The molecule has 0 aliphatic heterocycles. The number of oxime groups is 1. The maximum atomic E-state index is 12.1. The van der Waals surface area contributed by atoms with Gasteiger partial charge < -0.3 is 16.3 Å². The fraction of sp³-hybridized carbons (Fsp3) is 0.267. The number of benzene rings is 1. The lowest BCUT2D eigenvalue weighted by Crippen LogP contribution is -2.38. The summed E-state index contributed by atoms with van der Waals surface area (Å²) in [4.78, 5) is 16.4. The summed E-state index contributed by atoms with van der Waals surface area (Å²) in [7, 11) is 0. The summed E-state index contributed by atoms with van der Waals surface area (Å²) in [5, 5.41) is 15.4. The molecular weight excluding hydrogens is 268 g/mol. The van der Waals surface area contributed by atoms with Crippen LogP contribution in [0.4, 0.5) is 0 Å². The molecule has 0 bridgehead atoms. The zero-order valence-electron chi connectivity index (χ0n) is 11.8. The number of hydrogen-bond acceptors (Lipinski definition) is 4. The van der Waals surface area contributed by atoms with Crippen molar-refractivity contribution in [3.8, 4) is 0 Å². The molecule has 1 heterocycles. The highest BCUT2D eigenvalue weighted by molar-refractivity contribution is 6.02. The second-order valence-electron chi connectivity index (χ2n) is 4.70. The van der Waals surface area contributed by atoms with Crippen LogP contribution < -0.4 is 11.1 Å². The van der Waals surface area contributed by atoms with E-state index in [1.807, 2.05) is 37.3 Å². The van der Waals surface area contributed by atoms with Crippen molar-refractivity contribution < 1.29 is 10.0 Å². The zero-order valence-corrected chi connectivity index (χ0v) is 11.8. The van der Waals surface area contributed by atoms with Crippen molar-refractivity contribution >= 4 is 22.6 Å². The highest BCUT2D eigenvalue weighted by Gasteiger charge is 2.20. The van der Waals surface area contributed by atoms with E-state index in [0.29, 0.717) is 13.0 Å². The van der Waals surface area contributed by atoms with Gasteiger partial charge in [0.05, 0.1) is 11.4 Å². The van der Waals surface area contributed by atoms with Crippen LogP contribution in [-0.2, 0) is 11.3 Å². The first kappa shape index (κ1) is 14.8. The lowest BCUT2D eigenvalue weighted by Gasteiger charge is -2.14. The van der Waals surface area contributed by atoms with Gasteiger partial charge in [-0.05, 0) is 18.1 Å². The van der Waals surface area contributed by atoms with Crippen LogP contribution in [0.15, 0.2) is 41.7 Å². The summed E-state index contributed by atoms with van der Waals surface area (Å²) < 4.78 is 0. The predicted octanol–water partition coefficient (Wildman–Crippen LogP) is 1.62. The van der Waals surface area contributed by atoms with E-state index in [9.17, 15) is 4.79 Å². The number of rotatable bonds is 5. The van der Waals surface area contributed by atoms with Gasteiger partial charge in [0, 0.05) is 18.1 Å². The Morgan fingerprint density at radius 3 is 2.90 bits per heavy atom. The monoisotopic (exact) mass is 286 g/mol. The molecule has 6 heteroatoms. The lowest BCUT2D eigenvalue weighted by molar-refractivity contribution is -0.123. The van der Waals surface area contributed by atoms with E-state index in [0.717, 1.165) is 16.5 Å². The molecule has 1 amide bonds. The number of pyridine rings is 1. The van der Waals surface area contributed by atoms with Gasteiger partial charge in [-0.1, -0.05) is 36.3 Å². The smallest absolute Gasteiger partial charge is 0.231 e. The van der Waals surface area contributed by atoms with Crippen molar-refractivity contribution in [3.05, 3.63) is 42.1 Å². The number of amides is 1. The number of nitrogens with zero attached hydrogens (tertiary/aromatic N) is 2. The molecule has 0 radical (unpaired) electrons. The van der Waals surface area contributed by atoms with E-state index >= 15 is 0 Å². The fourth-order valence-electron chi connectivity index (χ4n) is 2.21. The van der Waals surface area contributed by atoms with E-state index in [-0.39, 0.29) is 11.7 Å². The van der Waals surface area contributed by atoms with Crippen LogP contribution in [0, 0.1) is 5.92 Å². The number of carbonyl (C=O) groups excluding carboxylic acids is 1.